The molecule has 0 spiro atoms. The van der Waals surface area contributed by atoms with Crippen LogP contribution in [-0.2, 0) is 13.1 Å². The number of rotatable bonds is 5. The highest BCUT2D eigenvalue weighted by atomic mass is 35.5. The fraction of sp³-hybridized carbons (Fsp3) is 0.133. The van der Waals surface area contributed by atoms with Crippen molar-refractivity contribution in [3.05, 3.63) is 70.2 Å². The van der Waals surface area contributed by atoms with E-state index in [1.807, 2.05) is 30.3 Å². The molecule has 0 bridgehead atoms. The Morgan fingerprint density at radius 1 is 1.05 bits per heavy atom. The van der Waals surface area contributed by atoms with Gasteiger partial charge >= 0.3 is 5.97 Å². The molecule has 0 saturated carbocycles. The molecule has 2 N–H and O–H groups in total. The number of nitrogens with one attached hydrogen (secondary N) is 1. The fourth-order valence-corrected chi connectivity index (χ4v) is 1.89. The Labute approximate surface area is 116 Å². The standard InChI is InChI=1S/C15H14ClNO2/c16-14-6-4-11(5-7-14)9-17-10-12-2-1-3-13(8-12)15(18)19/h1-8,17H,9-10H2,(H,18,19). The van der Waals surface area contributed by atoms with Crippen molar-refractivity contribution in [3.8, 4) is 0 Å². The highest BCUT2D eigenvalue weighted by molar-refractivity contribution is 6.30. The maximum Gasteiger partial charge on any atom is 0.335 e. The molecule has 0 aromatic heterocycles. The van der Waals surface area contributed by atoms with E-state index in [9.17, 15) is 4.79 Å². The minimum atomic E-state index is -0.903. The summed E-state index contributed by atoms with van der Waals surface area (Å²) in [6.45, 7) is 1.35. The van der Waals surface area contributed by atoms with E-state index in [4.69, 9.17) is 16.7 Å². The maximum atomic E-state index is 10.8. The van der Waals surface area contributed by atoms with Crippen LogP contribution in [0.2, 0.25) is 5.02 Å². The molecular formula is C15H14ClNO2. The lowest BCUT2D eigenvalue weighted by Gasteiger charge is -2.06. The molecule has 4 heteroatoms. The number of benzene rings is 2. The van der Waals surface area contributed by atoms with Crippen LogP contribution in [0.5, 0.6) is 0 Å². The van der Waals surface area contributed by atoms with Crippen LogP contribution in [0.25, 0.3) is 0 Å². The van der Waals surface area contributed by atoms with Crippen molar-refractivity contribution in [1.29, 1.82) is 0 Å². The molecule has 0 atom stereocenters. The third kappa shape index (κ3) is 4.09. The van der Waals surface area contributed by atoms with Gasteiger partial charge < -0.3 is 10.4 Å². The predicted molar refractivity (Wildman–Crippen MR) is 75.4 cm³/mol. The molecule has 0 fully saturated rings. The second-order valence-electron chi connectivity index (χ2n) is 4.24. The lowest BCUT2D eigenvalue weighted by atomic mass is 10.1. The van der Waals surface area contributed by atoms with Crippen LogP contribution in [0.1, 0.15) is 21.5 Å². The van der Waals surface area contributed by atoms with Gasteiger partial charge in [-0.05, 0) is 35.4 Å². The monoisotopic (exact) mass is 275 g/mol. The summed E-state index contributed by atoms with van der Waals surface area (Å²) in [5, 5.41) is 12.9. The largest absolute Gasteiger partial charge is 0.478 e. The molecule has 2 rings (SSSR count). The number of hydrogen-bond acceptors (Lipinski definition) is 2. The molecule has 19 heavy (non-hydrogen) atoms. The smallest absolute Gasteiger partial charge is 0.335 e. The van der Waals surface area contributed by atoms with Gasteiger partial charge in [-0.3, -0.25) is 0 Å². The van der Waals surface area contributed by atoms with Crippen LogP contribution in [0.15, 0.2) is 48.5 Å². The average Bonchev–Trinajstić information content (AvgIpc) is 2.41. The summed E-state index contributed by atoms with van der Waals surface area (Å²) in [4.78, 5) is 10.8. The molecule has 0 unspecified atom stereocenters. The van der Waals surface area contributed by atoms with Crippen LogP contribution < -0.4 is 5.32 Å². The van der Waals surface area contributed by atoms with E-state index >= 15 is 0 Å². The Morgan fingerprint density at radius 3 is 2.42 bits per heavy atom. The number of carboxylic acids is 1. The Hall–Kier alpha value is -1.84. The Balaban J connectivity index is 1.90. The van der Waals surface area contributed by atoms with Crippen molar-refractivity contribution >= 4 is 17.6 Å². The van der Waals surface area contributed by atoms with E-state index in [1.54, 1.807) is 18.2 Å². The second kappa shape index (κ2) is 6.36. The van der Waals surface area contributed by atoms with E-state index < -0.39 is 5.97 Å². The minimum absolute atomic E-state index is 0.311. The van der Waals surface area contributed by atoms with Crippen molar-refractivity contribution in [2.45, 2.75) is 13.1 Å². The van der Waals surface area contributed by atoms with E-state index in [-0.39, 0.29) is 0 Å². The summed E-state index contributed by atoms with van der Waals surface area (Å²) < 4.78 is 0. The first-order valence-corrected chi connectivity index (χ1v) is 6.30. The molecule has 2 aromatic rings. The summed E-state index contributed by atoms with van der Waals surface area (Å²) >= 11 is 5.81. The first kappa shape index (κ1) is 13.6. The third-order valence-electron chi connectivity index (χ3n) is 2.75. The van der Waals surface area contributed by atoms with E-state index in [0.717, 1.165) is 16.1 Å². The quantitative estimate of drug-likeness (QED) is 0.880. The minimum Gasteiger partial charge on any atom is -0.478 e. The molecule has 3 nitrogen and oxygen atoms in total. The Kier molecular flexibility index (Phi) is 4.55. The zero-order valence-electron chi connectivity index (χ0n) is 10.3. The number of aromatic carboxylic acids is 1. The highest BCUT2D eigenvalue weighted by Crippen LogP contribution is 2.10. The summed E-state index contributed by atoms with van der Waals surface area (Å²) in [6.07, 6.45) is 0. The first-order valence-electron chi connectivity index (χ1n) is 5.92. The molecule has 0 saturated heterocycles. The van der Waals surface area contributed by atoms with Crippen molar-refractivity contribution < 1.29 is 9.90 Å². The molecule has 0 aliphatic heterocycles. The van der Waals surface area contributed by atoms with Crippen LogP contribution in [0, 0.1) is 0 Å². The summed E-state index contributed by atoms with van der Waals surface area (Å²) in [6, 6.07) is 14.5. The molecule has 2 aromatic carbocycles. The molecule has 98 valence electrons. The fourth-order valence-electron chi connectivity index (χ4n) is 1.77. The van der Waals surface area contributed by atoms with Crippen LogP contribution in [-0.4, -0.2) is 11.1 Å². The second-order valence-corrected chi connectivity index (χ2v) is 4.67. The first-order chi connectivity index (χ1) is 9.15. The highest BCUT2D eigenvalue weighted by Gasteiger charge is 2.02. The van der Waals surface area contributed by atoms with Crippen LogP contribution in [0.4, 0.5) is 0 Å². The van der Waals surface area contributed by atoms with E-state index in [1.165, 1.54) is 0 Å². The molecule has 0 heterocycles. The SMILES string of the molecule is O=C(O)c1cccc(CNCc2ccc(Cl)cc2)c1. The van der Waals surface area contributed by atoms with Gasteiger partial charge in [-0.15, -0.1) is 0 Å². The van der Waals surface area contributed by atoms with Gasteiger partial charge in [0.15, 0.2) is 0 Å². The molecule has 0 radical (unpaired) electrons. The lowest BCUT2D eigenvalue weighted by molar-refractivity contribution is 0.0696. The maximum absolute atomic E-state index is 10.8. The van der Waals surface area contributed by atoms with E-state index in [0.29, 0.717) is 18.7 Å². The summed E-state index contributed by atoms with van der Waals surface area (Å²) in [5.74, 6) is -0.903. The molecule has 0 amide bonds. The number of halogens is 1. The zero-order valence-corrected chi connectivity index (χ0v) is 11.0. The van der Waals surface area contributed by atoms with Gasteiger partial charge in [0.2, 0.25) is 0 Å². The molecule has 0 aliphatic carbocycles. The van der Waals surface area contributed by atoms with Gasteiger partial charge in [0.1, 0.15) is 0 Å². The van der Waals surface area contributed by atoms with Gasteiger partial charge in [0.05, 0.1) is 5.56 Å². The lowest BCUT2D eigenvalue weighted by Crippen LogP contribution is -2.13. The molecular weight excluding hydrogens is 262 g/mol. The van der Waals surface area contributed by atoms with Gasteiger partial charge in [0, 0.05) is 18.1 Å². The van der Waals surface area contributed by atoms with Gasteiger partial charge in [-0.1, -0.05) is 35.9 Å². The average molecular weight is 276 g/mol. The Morgan fingerprint density at radius 2 is 1.74 bits per heavy atom. The van der Waals surface area contributed by atoms with Crippen molar-refractivity contribution in [3.63, 3.8) is 0 Å². The normalized spacial score (nSPS) is 10.4. The van der Waals surface area contributed by atoms with Gasteiger partial charge in [-0.25, -0.2) is 4.79 Å². The predicted octanol–water partition coefficient (Wildman–Crippen LogP) is 3.33. The van der Waals surface area contributed by atoms with Crippen molar-refractivity contribution in [2.75, 3.05) is 0 Å². The van der Waals surface area contributed by atoms with Crippen LogP contribution in [0.3, 0.4) is 0 Å². The topological polar surface area (TPSA) is 49.3 Å². The van der Waals surface area contributed by atoms with Crippen molar-refractivity contribution in [2.24, 2.45) is 0 Å². The molecule has 0 aliphatic rings. The van der Waals surface area contributed by atoms with Gasteiger partial charge in [0.25, 0.3) is 0 Å². The van der Waals surface area contributed by atoms with Gasteiger partial charge in [-0.2, -0.15) is 0 Å². The van der Waals surface area contributed by atoms with Crippen LogP contribution >= 0.6 is 11.6 Å². The Bertz CT molecular complexity index is 567. The van der Waals surface area contributed by atoms with E-state index in [2.05, 4.69) is 5.32 Å². The number of carbonyl (C=O) groups is 1. The third-order valence-corrected chi connectivity index (χ3v) is 3.00. The van der Waals surface area contributed by atoms with Crippen molar-refractivity contribution in [1.82, 2.24) is 5.32 Å². The number of carboxylic acid groups (broad SMARTS) is 1. The summed E-state index contributed by atoms with van der Waals surface area (Å²) in [5.41, 5.74) is 2.40. The zero-order chi connectivity index (χ0) is 13.7. The summed E-state index contributed by atoms with van der Waals surface area (Å²) in [7, 11) is 0. The number of hydrogen-bond donors (Lipinski definition) is 2.